The molecule has 7 heteroatoms. The van der Waals surface area contributed by atoms with Gasteiger partial charge < -0.3 is 14.7 Å². The highest BCUT2D eigenvalue weighted by molar-refractivity contribution is 6.51. The van der Waals surface area contributed by atoms with E-state index in [9.17, 15) is 19.5 Å². The minimum atomic E-state index is -0.850. The Labute approximate surface area is 203 Å². The van der Waals surface area contributed by atoms with Crippen molar-refractivity contribution in [3.05, 3.63) is 101 Å². The second-order valence-corrected chi connectivity index (χ2v) is 8.56. The molecule has 1 amide bonds. The van der Waals surface area contributed by atoms with E-state index in [-0.39, 0.29) is 11.3 Å². The number of benzene rings is 3. The summed E-state index contributed by atoms with van der Waals surface area (Å²) in [5.74, 6) is -2.28. The lowest BCUT2D eigenvalue weighted by atomic mass is 9.94. The van der Waals surface area contributed by atoms with E-state index in [1.54, 1.807) is 24.3 Å². The lowest BCUT2D eigenvalue weighted by Crippen LogP contribution is -2.29. The van der Waals surface area contributed by atoms with E-state index < -0.39 is 23.7 Å². The van der Waals surface area contributed by atoms with Gasteiger partial charge in [0.25, 0.3) is 11.7 Å². The molecule has 0 spiro atoms. The Morgan fingerprint density at radius 2 is 1.46 bits per heavy atom. The first-order chi connectivity index (χ1) is 16.7. The van der Waals surface area contributed by atoms with Crippen molar-refractivity contribution in [1.29, 1.82) is 0 Å². The van der Waals surface area contributed by atoms with E-state index in [1.165, 1.54) is 24.1 Å². The topological polar surface area (TPSA) is 87.1 Å². The van der Waals surface area contributed by atoms with Crippen LogP contribution in [0.25, 0.3) is 5.76 Å². The van der Waals surface area contributed by atoms with Crippen molar-refractivity contribution in [1.82, 2.24) is 0 Å². The first-order valence-corrected chi connectivity index (χ1v) is 11.1. The van der Waals surface area contributed by atoms with E-state index >= 15 is 0 Å². The van der Waals surface area contributed by atoms with Gasteiger partial charge in [0, 0.05) is 31.0 Å². The van der Waals surface area contributed by atoms with Crippen LogP contribution in [0.3, 0.4) is 0 Å². The normalized spacial score (nSPS) is 16.9. The van der Waals surface area contributed by atoms with Gasteiger partial charge in [0.05, 0.1) is 24.3 Å². The minimum Gasteiger partial charge on any atom is -0.507 e. The van der Waals surface area contributed by atoms with Crippen LogP contribution >= 0.6 is 0 Å². The molecule has 1 saturated heterocycles. The molecule has 35 heavy (non-hydrogen) atoms. The number of nitrogens with zero attached hydrogens (tertiary/aromatic N) is 2. The average Bonchev–Trinajstić information content (AvgIpc) is 3.14. The zero-order valence-corrected chi connectivity index (χ0v) is 20.0. The quantitative estimate of drug-likeness (QED) is 0.256. The Kier molecular flexibility index (Phi) is 6.42. The van der Waals surface area contributed by atoms with Crippen molar-refractivity contribution in [2.75, 3.05) is 31.0 Å². The first kappa shape index (κ1) is 23.8. The summed E-state index contributed by atoms with van der Waals surface area (Å²) in [5.41, 5.74) is 3.82. The number of ether oxygens (including phenoxy) is 1. The lowest BCUT2D eigenvalue weighted by molar-refractivity contribution is -0.132. The van der Waals surface area contributed by atoms with Crippen LogP contribution in [0.5, 0.6) is 0 Å². The zero-order chi connectivity index (χ0) is 25.3. The number of aryl methyl sites for hydroxylation is 1. The second-order valence-electron chi connectivity index (χ2n) is 8.56. The van der Waals surface area contributed by atoms with Crippen molar-refractivity contribution in [3.63, 3.8) is 0 Å². The number of hydrogen-bond donors (Lipinski definition) is 1. The van der Waals surface area contributed by atoms with E-state index in [0.29, 0.717) is 22.4 Å². The summed E-state index contributed by atoms with van der Waals surface area (Å²) >= 11 is 0. The van der Waals surface area contributed by atoms with Crippen molar-refractivity contribution < 1.29 is 24.2 Å². The highest BCUT2D eigenvalue weighted by atomic mass is 16.5. The number of anilines is 2. The largest absolute Gasteiger partial charge is 0.507 e. The van der Waals surface area contributed by atoms with E-state index in [4.69, 9.17) is 4.74 Å². The van der Waals surface area contributed by atoms with Gasteiger partial charge in [-0.2, -0.15) is 0 Å². The average molecular weight is 471 g/mol. The van der Waals surface area contributed by atoms with Gasteiger partial charge in [-0.15, -0.1) is 0 Å². The van der Waals surface area contributed by atoms with Gasteiger partial charge in [-0.1, -0.05) is 42.0 Å². The van der Waals surface area contributed by atoms with Crippen molar-refractivity contribution in [2.24, 2.45) is 0 Å². The number of rotatable bonds is 5. The predicted molar refractivity (Wildman–Crippen MR) is 135 cm³/mol. The summed E-state index contributed by atoms with van der Waals surface area (Å²) in [6.45, 7) is 1.92. The fourth-order valence-electron chi connectivity index (χ4n) is 4.11. The number of methoxy groups -OCH3 is 1. The number of carbonyl (C=O) groups excluding carboxylic acids is 3. The molecule has 178 valence electrons. The van der Waals surface area contributed by atoms with Crippen molar-refractivity contribution >= 4 is 34.8 Å². The third-order valence-electron chi connectivity index (χ3n) is 6.06. The second kappa shape index (κ2) is 9.46. The van der Waals surface area contributed by atoms with Crippen LogP contribution in [0.1, 0.15) is 33.1 Å². The third-order valence-corrected chi connectivity index (χ3v) is 6.06. The number of aliphatic hydroxyl groups is 1. The number of hydrogen-bond acceptors (Lipinski definition) is 6. The first-order valence-electron chi connectivity index (χ1n) is 11.1. The van der Waals surface area contributed by atoms with Gasteiger partial charge in [0.15, 0.2) is 0 Å². The molecule has 3 aromatic rings. The molecule has 1 unspecified atom stereocenters. The number of aliphatic hydroxyl groups excluding tert-OH is 1. The summed E-state index contributed by atoms with van der Waals surface area (Å²) in [5, 5.41) is 11.2. The zero-order valence-electron chi connectivity index (χ0n) is 20.0. The monoisotopic (exact) mass is 470 g/mol. The molecular weight excluding hydrogens is 444 g/mol. The van der Waals surface area contributed by atoms with Crippen molar-refractivity contribution in [3.8, 4) is 0 Å². The van der Waals surface area contributed by atoms with E-state index in [2.05, 4.69) is 0 Å². The summed E-state index contributed by atoms with van der Waals surface area (Å²) in [6, 6.07) is 19.9. The minimum absolute atomic E-state index is 0.00787. The fraction of sp³-hybridized carbons (Fsp3) is 0.179. The predicted octanol–water partition coefficient (Wildman–Crippen LogP) is 4.47. The highest BCUT2D eigenvalue weighted by Crippen LogP contribution is 2.42. The summed E-state index contributed by atoms with van der Waals surface area (Å²) in [7, 11) is 5.12. The molecule has 0 aliphatic carbocycles. The molecule has 3 aromatic carbocycles. The number of amides is 1. The molecule has 1 aliphatic heterocycles. The maximum atomic E-state index is 13.3. The molecule has 0 radical (unpaired) electrons. The Bertz CT molecular complexity index is 1310. The number of esters is 1. The van der Waals surface area contributed by atoms with Crippen LogP contribution in [-0.4, -0.2) is 44.0 Å². The van der Waals surface area contributed by atoms with E-state index in [0.717, 1.165) is 11.3 Å². The molecule has 0 bridgehead atoms. The van der Waals surface area contributed by atoms with Crippen LogP contribution in [0.4, 0.5) is 11.4 Å². The molecule has 1 atom stereocenters. The smallest absolute Gasteiger partial charge is 0.337 e. The molecule has 1 fully saturated rings. The van der Waals surface area contributed by atoms with E-state index in [1.807, 2.05) is 62.3 Å². The molecule has 0 saturated carbocycles. The van der Waals surface area contributed by atoms with Crippen molar-refractivity contribution in [2.45, 2.75) is 13.0 Å². The Hall–Kier alpha value is -4.39. The van der Waals surface area contributed by atoms with Gasteiger partial charge in [-0.3, -0.25) is 14.5 Å². The van der Waals surface area contributed by atoms with Crippen LogP contribution < -0.4 is 9.80 Å². The molecule has 4 rings (SSSR count). The molecule has 1 aliphatic rings. The number of carbonyl (C=O) groups is 3. The number of ketones is 1. The highest BCUT2D eigenvalue weighted by Gasteiger charge is 2.47. The molecule has 0 aromatic heterocycles. The van der Waals surface area contributed by atoms with Crippen LogP contribution in [0, 0.1) is 6.92 Å². The molecular formula is C28H26N2O5. The number of Topliss-reactive ketones (excluding diaryl/α,β-unsaturated/α-hetero) is 1. The van der Waals surface area contributed by atoms with Crippen LogP contribution in [-0.2, 0) is 14.3 Å². The Morgan fingerprint density at radius 3 is 2.00 bits per heavy atom. The van der Waals surface area contributed by atoms with Crippen LogP contribution in [0.2, 0.25) is 0 Å². The third kappa shape index (κ3) is 4.40. The lowest BCUT2D eigenvalue weighted by Gasteiger charge is -2.26. The SMILES string of the molecule is COC(=O)c1ccc(N2C(=O)C(=O)/C(=C(/O)c3ccc(C)cc3)C2c2ccc(N(C)C)cc2)cc1. The van der Waals surface area contributed by atoms with Gasteiger partial charge in [-0.05, 0) is 48.9 Å². The summed E-state index contributed by atoms with van der Waals surface area (Å²) in [6.07, 6.45) is 0. The maximum Gasteiger partial charge on any atom is 0.337 e. The maximum absolute atomic E-state index is 13.3. The standard InChI is InChI=1S/C28H26N2O5/c1-17-5-7-19(8-6-17)25(31)23-24(18-9-13-21(14-10-18)29(2)3)30(27(33)26(23)32)22-15-11-20(12-16-22)28(34)35-4/h5-16,24,31H,1-4H3/b25-23+. The fourth-order valence-corrected chi connectivity index (χ4v) is 4.11. The molecule has 7 nitrogen and oxygen atoms in total. The van der Waals surface area contributed by atoms with Gasteiger partial charge in [0.2, 0.25) is 0 Å². The Morgan fingerprint density at radius 1 is 0.886 bits per heavy atom. The van der Waals surface area contributed by atoms with Gasteiger partial charge >= 0.3 is 5.97 Å². The van der Waals surface area contributed by atoms with Gasteiger partial charge in [0.1, 0.15) is 5.76 Å². The molecule has 1 N–H and O–H groups in total. The summed E-state index contributed by atoms with van der Waals surface area (Å²) < 4.78 is 4.75. The Balaban J connectivity index is 1.88. The van der Waals surface area contributed by atoms with Crippen LogP contribution in [0.15, 0.2) is 78.4 Å². The van der Waals surface area contributed by atoms with Gasteiger partial charge in [-0.25, -0.2) is 4.79 Å². The molecule has 1 heterocycles. The summed E-state index contributed by atoms with van der Waals surface area (Å²) in [4.78, 5) is 41.7.